The highest BCUT2D eigenvalue weighted by Gasteiger charge is 2.43. The van der Waals surface area contributed by atoms with Gasteiger partial charge in [-0.05, 0) is 11.6 Å². The van der Waals surface area contributed by atoms with Crippen LogP contribution in [0.3, 0.4) is 0 Å². The van der Waals surface area contributed by atoms with Crippen LogP contribution in [0, 0.1) is 0 Å². The summed E-state index contributed by atoms with van der Waals surface area (Å²) in [6.45, 7) is 0.237. The number of imidazole rings is 1. The van der Waals surface area contributed by atoms with Crippen molar-refractivity contribution in [2.45, 2.75) is 31.1 Å². The Balaban J connectivity index is 1.61. The zero-order valence-electron chi connectivity index (χ0n) is 13.9. The van der Waals surface area contributed by atoms with Gasteiger partial charge in [0.05, 0.1) is 18.5 Å². The summed E-state index contributed by atoms with van der Waals surface area (Å²) in [6, 6.07) is 11.7. The van der Waals surface area contributed by atoms with E-state index >= 15 is 0 Å². The van der Waals surface area contributed by atoms with Crippen LogP contribution in [0.15, 0.2) is 48.9 Å². The summed E-state index contributed by atoms with van der Waals surface area (Å²) in [5.74, 6) is 0.622. The molecule has 1 aromatic carbocycles. The first-order valence-corrected chi connectivity index (χ1v) is 8.41. The molecule has 4 rings (SSSR count). The molecule has 1 fully saturated rings. The number of rotatable bonds is 5. The third kappa shape index (κ3) is 2.93. The fraction of sp³-hybridized carbons (Fsp3) is 0.333. The van der Waals surface area contributed by atoms with Crippen molar-refractivity contribution in [2.75, 3.05) is 11.9 Å². The van der Waals surface area contributed by atoms with Gasteiger partial charge < -0.3 is 29.9 Å². The molecule has 0 spiro atoms. The monoisotopic (exact) mass is 356 g/mol. The lowest BCUT2D eigenvalue weighted by Crippen LogP contribution is -2.33. The van der Waals surface area contributed by atoms with Crippen molar-refractivity contribution >= 4 is 16.9 Å². The van der Waals surface area contributed by atoms with E-state index in [2.05, 4.69) is 15.3 Å². The first kappa shape index (κ1) is 16.9. The van der Waals surface area contributed by atoms with Crippen molar-refractivity contribution in [3.8, 4) is 0 Å². The molecule has 1 aliphatic heterocycles. The second-order valence-electron chi connectivity index (χ2n) is 6.25. The normalized spacial score (nSPS) is 25.7. The van der Waals surface area contributed by atoms with E-state index in [4.69, 9.17) is 4.74 Å². The number of benzene rings is 1. The summed E-state index contributed by atoms with van der Waals surface area (Å²) in [5, 5.41) is 32.7. The summed E-state index contributed by atoms with van der Waals surface area (Å²) in [7, 11) is 0. The maximum absolute atomic E-state index is 10.2. The van der Waals surface area contributed by atoms with Crippen LogP contribution < -0.4 is 5.32 Å². The second-order valence-corrected chi connectivity index (χ2v) is 6.25. The molecule has 0 aliphatic carbocycles. The van der Waals surface area contributed by atoms with Gasteiger partial charge in [0.15, 0.2) is 12.0 Å². The Labute approximate surface area is 149 Å². The van der Waals surface area contributed by atoms with E-state index < -0.39 is 24.5 Å². The molecule has 1 unspecified atom stereocenters. The van der Waals surface area contributed by atoms with E-state index in [9.17, 15) is 15.3 Å². The van der Waals surface area contributed by atoms with Gasteiger partial charge in [-0.15, -0.1) is 0 Å². The number of hydrogen-bond acceptors (Lipinski definition) is 7. The Bertz CT molecular complexity index is 885. The van der Waals surface area contributed by atoms with Gasteiger partial charge in [-0.25, -0.2) is 9.97 Å². The first-order chi connectivity index (χ1) is 12.7. The highest BCUT2D eigenvalue weighted by molar-refractivity contribution is 5.85. The Morgan fingerprint density at radius 3 is 2.62 bits per heavy atom. The fourth-order valence-corrected chi connectivity index (χ4v) is 3.19. The maximum Gasteiger partial charge on any atom is 0.164 e. The van der Waals surface area contributed by atoms with Crippen LogP contribution in [-0.4, -0.2) is 54.8 Å². The molecular weight excluding hydrogens is 336 g/mol. The van der Waals surface area contributed by atoms with Crippen molar-refractivity contribution in [1.29, 1.82) is 0 Å². The van der Waals surface area contributed by atoms with E-state index in [-0.39, 0.29) is 6.61 Å². The number of fused-ring (bicyclic) bond motifs is 1. The number of ether oxygens (including phenoxy) is 1. The maximum atomic E-state index is 10.2. The largest absolute Gasteiger partial charge is 0.394 e. The number of hydrogen-bond donors (Lipinski definition) is 4. The Morgan fingerprint density at radius 1 is 1.08 bits per heavy atom. The zero-order valence-corrected chi connectivity index (χ0v) is 13.9. The van der Waals surface area contributed by atoms with Crippen molar-refractivity contribution in [1.82, 2.24) is 14.5 Å². The number of anilines is 1. The Kier molecular flexibility index (Phi) is 4.56. The zero-order chi connectivity index (χ0) is 18.1. The summed E-state index contributed by atoms with van der Waals surface area (Å²) in [6.07, 6.45) is -0.768. The Hall–Kier alpha value is -2.52. The van der Waals surface area contributed by atoms with Gasteiger partial charge in [0.2, 0.25) is 0 Å². The number of nitrogens with zero attached hydrogens (tertiary/aromatic N) is 3. The number of aliphatic hydroxyl groups excluding tert-OH is 3. The predicted molar refractivity (Wildman–Crippen MR) is 94.3 cm³/mol. The summed E-state index contributed by atoms with van der Waals surface area (Å²) < 4.78 is 7.24. The quantitative estimate of drug-likeness (QED) is 0.531. The smallest absolute Gasteiger partial charge is 0.164 e. The van der Waals surface area contributed by atoms with Crippen molar-refractivity contribution in [2.24, 2.45) is 0 Å². The average molecular weight is 356 g/mol. The molecule has 4 atom stereocenters. The highest BCUT2D eigenvalue weighted by Crippen LogP contribution is 2.32. The first-order valence-electron chi connectivity index (χ1n) is 8.41. The second kappa shape index (κ2) is 7.00. The molecule has 3 heterocycles. The van der Waals surface area contributed by atoms with Gasteiger partial charge in [0.1, 0.15) is 23.8 Å². The van der Waals surface area contributed by atoms with Gasteiger partial charge in [0.25, 0.3) is 0 Å². The van der Waals surface area contributed by atoms with E-state index in [1.165, 1.54) is 0 Å². The predicted octanol–water partition coefficient (Wildman–Crippen LogP) is 0.655. The van der Waals surface area contributed by atoms with Crippen LogP contribution in [0.1, 0.15) is 11.8 Å². The number of aliphatic hydroxyl groups is 3. The molecule has 0 bridgehead atoms. The van der Waals surface area contributed by atoms with Gasteiger partial charge in [-0.1, -0.05) is 30.3 Å². The van der Waals surface area contributed by atoms with E-state index in [1.54, 1.807) is 23.2 Å². The molecule has 2 aromatic heterocycles. The molecule has 8 heteroatoms. The SMILES string of the molecule is OC[C@H]1O[C@H](n2cnc3c(NCc4ccccc4)nccc32)[C@@H](O)C1O. The molecule has 3 aromatic rings. The molecule has 1 aliphatic rings. The molecular formula is C18H20N4O4. The molecule has 0 radical (unpaired) electrons. The summed E-state index contributed by atoms with van der Waals surface area (Å²) >= 11 is 0. The van der Waals surface area contributed by atoms with Crippen molar-refractivity contribution in [3.05, 3.63) is 54.5 Å². The van der Waals surface area contributed by atoms with Gasteiger partial charge in [0, 0.05) is 12.7 Å². The lowest BCUT2D eigenvalue weighted by Gasteiger charge is -2.17. The van der Waals surface area contributed by atoms with E-state index in [0.29, 0.717) is 23.4 Å². The van der Waals surface area contributed by atoms with Crippen molar-refractivity contribution in [3.63, 3.8) is 0 Å². The Morgan fingerprint density at radius 2 is 1.88 bits per heavy atom. The minimum absolute atomic E-state index is 0.368. The molecule has 26 heavy (non-hydrogen) atoms. The molecule has 4 N–H and O–H groups in total. The van der Waals surface area contributed by atoms with Crippen LogP contribution in [0.25, 0.3) is 11.0 Å². The fourth-order valence-electron chi connectivity index (χ4n) is 3.19. The third-order valence-electron chi connectivity index (χ3n) is 4.59. The van der Waals surface area contributed by atoms with Crippen LogP contribution in [0.4, 0.5) is 5.82 Å². The third-order valence-corrected chi connectivity index (χ3v) is 4.59. The lowest BCUT2D eigenvalue weighted by atomic mass is 10.1. The topological polar surface area (TPSA) is 113 Å². The number of nitrogens with one attached hydrogen (secondary N) is 1. The van der Waals surface area contributed by atoms with Crippen LogP contribution >= 0.6 is 0 Å². The summed E-state index contributed by atoms with van der Waals surface area (Å²) in [5.41, 5.74) is 2.47. The minimum atomic E-state index is -1.15. The lowest BCUT2D eigenvalue weighted by molar-refractivity contribution is -0.0508. The van der Waals surface area contributed by atoms with Crippen molar-refractivity contribution < 1.29 is 20.1 Å². The minimum Gasteiger partial charge on any atom is -0.394 e. The number of aromatic nitrogens is 3. The molecule has 1 saturated heterocycles. The van der Waals surface area contributed by atoms with Gasteiger partial charge >= 0.3 is 0 Å². The van der Waals surface area contributed by atoms with E-state index in [1.807, 2.05) is 30.3 Å². The van der Waals surface area contributed by atoms with Gasteiger partial charge in [-0.2, -0.15) is 0 Å². The molecule has 8 nitrogen and oxygen atoms in total. The highest BCUT2D eigenvalue weighted by atomic mass is 16.6. The standard InChI is InChI=1S/C18H20N4O4/c23-9-13-15(24)16(25)18(26-13)22-10-21-14-12(22)6-7-19-17(14)20-8-11-4-2-1-3-5-11/h1-7,10,13,15-16,18,23-25H,8-9H2,(H,19,20)/t13-,15?,16+,18+/m1/s1. The molecule has 0 saturated carbocycles. The molecule has 0 amide bonds. The van der Waals surface area contributed by atoms with Gasteiger partial charge in [-0.3, -0.25) is 0 Å². The number of pyridine rings is 1. The molecule has 136 valence electrons. The average Bonchev–Trinajstić information content (AvgIpc) is 3.23. The summed E-state index contributed by atoms with van der Waals surface area (Å²) in [4.78, 5) is 8.74. The van der Waals surface area contributed by atoms with Crippen LogP contribution in [0.2, 0.25) is 0 Å². The van der Waals surface area contributed by atoms with Crippen LogP contribution in [0.5, 0.6) is 0 Å². The van der Waals surface area contributed by atoms with Crippen LogP contribution in [-0.2, 0) is 11.3 Å². The van der Waals surface area contributed by atoms with E-state index in [0.717, 1.165) is 5.56 Å².